The lowest BCUT2D eigenvalue weighted by atomic mass is 10.2. The highest BCUT2D eigenvalue weighted by atomic mass is 35.5. The first-order valence-corrected chi connectivity index (χ1v) is 12.1. The number of para-hydroxylation sites is 1. The summed E-state index contributed by atoms with van der Waals surface area (Å²) in [5.41, 5.74) is 2.08. The van der Waals surface area contributed by atoms with E-state index in [9.17, 15) is 4.79 Å². The van der Waals surface area contributed by atoms with Crippen molar-refractivity contribution in [1.29, 1.82) is 0 Å². The molecule has 6 rings (SSSR count). The maximum absolute atomic E-state index is 13.4. The van der Waals surface area contributed by atoms with Gasteiger partial charge in [0.2, 0.25) is 18.5 Å². The van der Waals surface area contributed by atoms with Gasteiger partial charge in [-0.05, 0) is 42.0 Å². The lowest BCUT2D eigenvalue weighted by molar-refractivity contribution is 0.174. The predicted molar refractivity (Wildman–Crippen MR) is 132 cm³/mol. The molecule has 3 aromatic carbocycles. The first-order chi connectivity index (χ1) is 17.2. The van der Waals surface area contributed by atoms with Crippen LogP contribution in [0.15, 0.2) is 81.2 Å². The lowest BCUT2D eigenvalue weighted by Gasteiger charge is -2.13. The van der Waals surface area contributed by atoms with Crippen LogP contribution in [-0.2, 0) is 12.3 Å². The highest BCUT2D eigenvalue weighted by molar-refractivity contribution is 7.98. The van der Waals surface area contributed by atoms with Crippen LogP contribution >= 0.6 is 23.4 Å². The molecule has 0 N–H and O–H groups in total. The second-order valence-corrected chi connectivity index (χ2v) is 9.11. The Morgan fingerprint density at radius 3 is 2.71 bits per heavy atom. The fourth-order valence-corrected chi connectivity index (χ4v) is 4.82. The molecular formula is C25H17ClN4O4S. The lowest BCUT2D eigenvalue weighted by Crippen LogP contribution is -2.24. The van der Waals surface area contributed by atoms with E-state index in [2.05, 4.69) is 10.1 Å². The number of hydrogen-bond donors (Lipinski definition) is 0. The molecule has 0 amide bonds. The average molecular weight is 505 g/mol. The fraction of sp³-hybridized carbons (Fsp3) is 0.120. The van der Waals surface area contributed by atoms with Gasteiger partial charge in [0.25, 0.3) is 5.56 Å². The summed E-state index contributed by atoms with van der Waals surface area (Å²) in [7, 11) is 0. The predicted octanol–water partition coefficient (Wildman–Crippen LogP) is 5.17. The highest BCUT2D eigenvalue weighted by Gasteiger charge is 2.18. The van der Waals surface area contributed by atoms with Crippen LogP contribution in [0.1, 0.15) is 11.5 Å². The van der Waals surface area contributed by atoms with Gasteiger partial charge in [0.1, 0.15) is 0 Å². The molecule has 0 spiro atoms. The summed E-state index contributed by atoms with van der Waals surface area (Å²) in [6.45, 7) is 0.493. The van der Waals surface area contributed by atoms with Crippen LogP contribution in [0, 0.1) is 0 Å². The number of hydrogen-bond acceptors (Lipinski definition) is 8. The van der Waals surface area contributed by atoms with Gasteiger partial charge in [-0.1, -0.05) is 58.9 Å². The maximum Gasteiger partial charge on any atom is 0.262 e. The van der Waals surface area contributed by atoms with Gasteiger partial charge in [0, 0.05) is 10.6 Å². The Kier molecular flexibility index (Phi) is 5.63. The molecular weight excluding hydrogens is 488 g/mol. The molecule has 1 aliphatic rings. The molecule has 2 aromatic heterocycles. The number of fused-ring (bicyclic) bond motifs is 2. The Labute approximate surface area is 208 Å². The van der Waals surface area contributed by atoms with E-state index in [0.29, 0.717) is 56.6 Å². The molecule has 8 nitrogen and oxygen atoms in total. The minimum atomic E-state index is -0.135. The topological polar surface area (TPSA) is 92.3 Å². The van der Waals surface area contributed by atoms with Gasteiger partial charge in [-0.15, -0.1) is 0 Å². The fourth-order valence-electron chi connectivity index (χ4n) is 3.79. The van der Waals surface area contributed by atoms with Gasteiger partial charge >= 0.3 is 0 Å². The van der Waals surface area contributed by atoms with Crippen molar-refractivity contribution < 1.29 is 14.0 Å². The Morgan fingerprint density at radius 2 is 1.80 bits per heavy atom. The summed E-state index contributed by atoms with van der Waals surface area (Å²) in [5, 5.41) is 5.77. The SMILES string of the molecule is O=c1c2ccccc2nc(SCc2nc(-c3ccc4c(c3)OCO4)no2)n1Cc1ccccc1Cl. The van der Waals surface area contributed by atoms with Crippen LogP contribution in [0.4, 0.5) is 0 Å². The van der Waals surface area contributed by atoms with Gasteiger partial charge in [-0.3, -0.25) is 9.36 Å². The van der Waals surface area contributed by atoms with E-state index in [0.717, 1.165) is 11.1 Å². The maximum atomic E-state index is 13.4. The third-order valence-electron chi connectivity index (χ3n) is 5.54. The van der Waals surface area contributed by atoms with Gasteiger partial charge in [-0.2, -0.15) is 4.98 Å². The number of nitrogens with zero attached hydrogens (tertiary/aromatic N) is 4. The van der Waals surface area contributed by atoms with Crippen LogP contribution in [0.3, 0.4) is 0 Å². The van der Waals surface area contributed by atoms with Crippen molar-refractivity contribution in [2.75, 3.05) is 6.79 Å². The van der Waals surface area contributed by atoms with Crippen molar-refractivity contribution in [1.82, 2.24) is 19.7 Å². The minimum absolute atomic E-state index is 0.135. The van der Waals surface area contributed by atoms with Crippen molar-refractivity contribution in [3.63, 3.8) is 0 Å². The van der Waals surface area contributed by atoms with Gasteiger partial charge in [0.15, 0.2) is 16.7 Å². The largest absolute Gasteiger partial charge is 0.454 e. The number of rotatable bonds is 6. The van der Waals surface area contributed by atoms with Gasteiger partial charge < -0.3 is 14.0 Å². The van der Waals surface area contributed by atoms with E-state index in [1.54, 1.807) is 16.7 Å². The van der Waals surface area contributed by atoms with Crippen LogP contribution in [-0.4, -0.2) is 26.5 Å². The molecule has 35 heavy (non-hydrogen) atoms. The van der Waals surface area contributed by atoms with E-state index < -0.39 is 0 Å². The molecule has 5 aromatic rings. The zero-order chi connectivity index (χ0) is 23.8. The molecule has 3 heterocycles. The van der Waals surface area contributed by atoms with Gasteiger partial charge in [0.05, 0.1) is 23.2 Å². The van der Waals surface area contributed by atoms with E-state index in [1.165, 1.54) is 11.8 Å². The second-order valence-electron chi connectivity index (χ2n) is 7.76. The Hall–Kier alpha value is -3.82. The molecule has 0 radical (unpaired) electrons. The van der Waals surface area contributed by atoms with E-state index >= 15 is 0 Å². The van der Waals surface area contributed by atoms with Crippen molar-refractivity contribution in [3.05, 3.63) is 93.6 Å². The van der Waals surface area contributed by atoms with Gasteiger partial charge in [-0.25, -0.2) is 4.98 Å². The quantitative estimate of drug-likeness (QED) is 0.231. The zero-order valence-electron chi connectivity index (χ0n) is 18.2. The molecule has 0 saturated carbocycles. The molecule has 0 bridgehead atoms. The second kappa shape index (κ2) is 9.09. The summed E-state index contributed by atoms with van der Waals surface area (Å²) in [5.74, 6) is 2.53. The molecule has 10 heteroatoms. The number of aromatic nitrogens is 4. The Balaban J connectivity index is 1.30. The molecule has 0 unspecified atom stereocenters. The molecule has 0 aliphatic carbocycles. The summed E-state index contributed by atoms with van der Waals surface area (Å²) < 4.78 is 17.9. The third kappa shape index (κ3) is 4.24. The monoisotopic (exact) mass is 504 g/mol. The number of ether oxygens (including phenoxy) is 2. The first-order valence-electron chi connectivity index (χ1n) is 10.7. The molecule has 0 fully saturated rings. The van der Waals surface area contributed by atoms with Crippen molar-refractivity contribution in [2.45, 2.75) is 17.5 Å². The normalized spacial score (nSPS) is 12.4. The smallest absolute Gasteiger partial charge is 0.262 e. The number of thioether (sulfide) groups is 1. The van der Waals surface area contributed by atoms with Crippen LogP contribution in [0.2, 0.25) is 5.02 Å². The minimum Gasteiger partial charge on any atom is -0.454 e. The standard InChI is InChI=1S/C25H17ClN4O4S/c26-18-7-3-1-5-16(18)12-30-24(31)17-6-2-4-8-19(17)27-25(30)35-13-22-28-23(29-34-22)15-9-10-20-21(11-15)33-14-32-20/h1-11H,12-14H2. The summed E-state index contributed by atoms with van der Waals surface area (Å²) in [4.78, 5) is 22.6. The van der Waals surface area contributed by atoms with E-state index in [1.807, 2.05) is 54.6 Å². The van der Waals surface area contributed by atoms with Crippen molar-refractivity contribution in [2.24, 2.45) is 0 Å². The van der Waals surface area contributed by atoms with Crippen LogP contribution < -0.4 is 15.0 Å². The third-order valence-corrected chi connectivity index (χ3v) is 6.87. The van der Waals surface area contributed by atoms with Crippen LogP contribution in [0.5, 0.6) is 11.5 Å². The molecule has 0 atom stereocenters. The molecule has 174 valence electrons. The van der Waals surface area contributed by atoms with Crippen LogP contribution in [0.25, 0.3) is 22.3 Å². The molecule has 1 aliphatic heterocycles. The Bertz CT molecular complexity index is 1620. The Morgan fingerprint density at radius 1 is 0.971 bits per heavy atom. The highest BCUT2D eigenvalue weighted by Crippen LogP contribution is 2.35. The first kappa shape index (κ1) is 21.7. The van der Waals surface area contributed by atoms with Crippen molar-refractivity contribution in [3.8, 4) is 22.9 Å². The summed E-state index contributed by atoms with van der Waals surface area (Å²) >= 11 is 7.72. The van der Waals surface area contributed by atoms with E-state index in [-0.39, 0.29) is 12.4 Å². The number of benzene rings is 3. The van der Waals surface area contributed by atoms with Crippen molar-refractivity contribution >= 4 is 34.3 Å². The average Bonchev–Trinajstić information content (AvgIpc) is 3.55. The summed E-state index contributed by atoms with van der Waals surface area (Å²) in [6, 6.07) is 20.2. The number of halogens is 1. The molecule has 0 saturated heterocycles. The van der Waals surface area contributed by atoms with E-state index in [4.69, 9.17) is 30.6 Å². The summed E-state index contributed by atoms with van der Waals surface area (Å²) in [6.07, 6.45) is 0. The zero-order valence-corrected chi connectivity index (χ0v) is 19.8.